The van der Waals surface area contributed by atoms with E-state index in [0.29, 0.717) is 39.1 Å². The molecule has 26 heavy (non-hydrogen) atoms. The number of fused-ring (bicyclic) bond motifs is 3. The maximum Gasteiger partial charge on any atom is 0.241 e. The smallest absolute Gasteiger partial charge is 0.241 e. The van der Waals surface area contributed by atoms with Crippen LogP contribution in [0.1, 0.15) is 21.6 Å². The Morgan fingerprint density at radius 1 is 1.19 bits per heavy atom. The van der Waals surface area contributed by atoms with Crippen molar-refractivity contribution in [2.75, 3.05) is 24.5 Å². The van der Waals surface area contributed by atoms with Crippen molar-refractivity contribution in [3.05, 3.63) is 51.9 Å². The van der Waals surface area contributed by atoms with E-state index in [9.17, 15) is 14.7 Å². The molecule has 7 heteroatoms. The van der Waals surface area contributed by atoms with E-state index < -0.39 is 6.09 Å². The van der Waals surface area contributed by atoms with E-state index in [1.165, 1.54) is 16.0 Å². The lowest BCUT2D eigenvalue weighted by atomic mass is 10.0. The number of nitrogens with one attached hydrogen (secondary N) is 1. The second kappa shape index (κ2) is 7.09. The first-order valence-electron chi connectivity index (χ1n) is 8.78. The standard InChI is InChI=1S/C19H21N3O3S/c23-17-11-20-10-15-14-7-8-21(19(24)25)12-16(14)26-18(15)22(17)9-6-13-4-2-1-3-5-13/h1-5,20H,6-12H2,(H,24,25)/p-1. The Labute approximate surface area is 156 Å². The molecule has 0 aliphatic carbocycles. The van der Waals surface area contributed by atoms with E-state index >= 15 is 0 Å². The fourth-order valence-corrected chi connectivity index (χ4v) is 5.05. The number of rotatable bonds is 3. The third kappa shape index (κ3) is 3.20. The van der Waals surface area contributed by atoms with E-state index in [2.05, 4.69) is 17.4 Å². The molecule has 0 spiro atoms. The van der Waals surface area contributed by atoms with Gasteiger partial charge in [-0.3, -0.25) is 4.79 Å². The summed E-state index contributed by atoms with van der Waals surface area (Å²) >= 11 is 1.55. The average molecular weight is 370 g/mol. The quantitative estimate of drug-likeness (QED) is 0.879. The fraction of sp³-hybridized carbons (Fsp3) is 0.368. The highest BCUT2D eigenvalue weighted by Gasteiger charge is 2.30. The summed E-state index contributed by atoms with van der Waals surface area (Å²) in [6.45, 7) is 2.42. The number of hydrogen-bond acceptors (Lipinski definition) is 5. The van der Waals surface area contributed by atoms with E-state index in [1.54, 1.807) is 11.3 Å². The zero-order valence-corrected chi connectivity index (χ0v) is 15.2. The molecule has 6 nitrogen and oxygen atoms in total. The van der Waals surface area contributed by atoms with Crippen molar-refractivity contribution in [1.29, 1.82) is 0 Å². The molecule has 1 N–H and O–H groups in total. The summed E-state index contributed by atoms with van der Waals surface area (Å²) in [7, 11) is 0. The molecule has 0 unspecified atom stereocenters. The van der Waals surface area contributed by atoms with E-state index in [1.807, 2.05) is 23.1 Å². The fourth-order valence-electron chi connectivity index (χ4n) is 3.63. The Kier molecular flexibility index (Phi) is 4.65. The van der Waals surface area contributed by atoms with Crippen LogP contribution in [0.4, 0.5) is 9.80 Å². The lowest BCUT2D eigenvalue weighted by molar-refractivity contribution is -0.266. The van der Waals surface area contributed by atoms with Gasteiger partial charge in [0.2, 0.25) is 5.91 Å². The highest BCUT2D eigenvalue weighted by Crippen LogP contribution is 2.40. The van der Waals surface area contributed by atoms with Gasteiger partial charge in [-0.2, -0.15) is 0 Å². The highest BCUT2D eigenvalue weighted by molar-refractivity contribution is 7.16. The SMILES string of the molecule is O=C([O-])N1CCc2c(sc3c2CNCC(=O)N3CCc2ccccc2)C1. The lowest BCUT2D eigenvalue weighted by Crippen LogP contribution is -2.43. The molecule has 136 valence electrons. The van der Waals surface area contributed by atoms with Crippen molar-refractivity contribution in [3.63, 3.8) is 0 Å². The molecule has 0 saturated carbocycles. The summed E-state index contributed by atoms with van der Waals surface area (Å²) < 4.78 is 0. The van der Waals surface area contributed by atoms with Gasteiger partial charge < -0.3 is 25.0 Å². The van der Waals surface area contributed by atoms with Crippen LogP contribution in [-0.2, 0) is 30.7 Å². The summed E-state index contributed by atoms with van der Waals surface area (Å²) in [5.74, 6) is 0.0648. The van der Waals surface area contributed by atoms with Gasteiger partial charge in [0.15, 0.2) is 0 Å². The molecule has 2 aromatic rings. The van der Waals surface area contributed by atoms with Gasteiger partial charge in [0.25, 0.3) is 0 Å². The summed E-state index contributed by atoms with van der Waals surface area (Å²) in [5.41, 5.74) is 3.56. The van der Waals surface area contributed by atoms with Crippen LogP contribution in [0.3, 0.4) is 0 Å². The molecule has 2 aliphatic rings. The van der Waals surface area contributed by atoms with Crippen molar-refractivity contribution in [1.82, 2.24) is 10.2 Å². The first kappa shape index (κ1) is 17.1. The lowest BCUT2D eigenvalue weighted by Gasteiger charge is -2.29. The Balaban J connectivity index is 1.62. The normalized spacial score (nSPS) is 16.8. The Bertz CT molecular complexity index is 834. The van der Waals surface area contributed by atoms with E-state index in [-0.39, 0.29) is 5.91 Å². The first-order chi connectivity index (χ1) is 12.6. The van der Waals surface area contributed by atoms with Crippen molar-refractivity contribution >= 4 is 28.3 Å². The number of anilines is 1. The van der Waals surface area contributed by atoms with Gasteiger partial charge in [-0.15, -0.1) is 11.3 Å². The molecule has 1 aromatic carbocycles. The number of carboxylic acid groups (broad SMARTS) is 1. The molecule has 0 atom stereocenters. The van der Waals surface area contributed by atoms with Gasteiger partial charge in [0.05, 0.1) is 13.1 Å². The minimum atomic E-state index is -1.13. The van der Waals surface area contributed by atoms with Gasteiger partial charge in [0, 0.05) is 30.1 Å². The van der Waals surface area contributed by atoms with Crippen molar-refractivity contribution < 1.29 is 14.7 Å². The van der Waals surface area contributed by atoms with Crippen LogP contribution in [0, 0.1) is 0 Å². The second-order valence-corrected chi connectivity index (χ2v) is 7.69. The summed E-state index contributed by atoms with van der Waals surface area (Å²) in [5, 5.41) is 15.4. The zero-order chi connectivity index (χ0) is 18.1. The Morgan fingerprint density at radius 2 is 2.00 bits per heavy atom. The molecule has 0 fully saturated rings. The third-order valence-corrected chi connectivity index (χ3v) is 6.28. The van der Waals surface area contributed by atoms with Gasteiger partial charge >= 0.3 is 0 Å². The maximum atomic E-state index is 12.6. The van der Waals surface area contributed by atoms with Crippen molar-refractivity contribution in [2.24, 2.45) is 0 Å². The number of amides is 2. The first-order valence-corrected chi connectivity index (χ1v) is 9.59. The Hall–Kier alpha value is -2.38. The Morgan fingerprint density at radius 3 is 2.77 bits per heavy atom. The molecule has 0 bridgehead atoms. The van der Waals surface area contributed by atoms with Crippen LogP contribution in [0.5, 0.6) is 0 Å². The van der Waals surface area contributed by atoms with Crippen LogP contribution in [-0.4, -0.2) is 36.5 Å². The molecule has 1 aromatic heterocycles. The van der Waals surface area contributed by atoms with Gasteiger partial charge in [0.1, 0.15) is 11.1 Å². The topological polar surface area (TPSA) is 75.7 Å². The number of nitrogens with zero attached hydrogens (tertiary/aromatic N) is 2. The predicted molar refractivity (Wildman–Crippen MR) is 98.0 cm³/mol. The number of carbonyl (C=O) groups excluding carboxylic acids is 2. The monoisotopic (exact) mass is 370 g/mol. The van der Waals surface area contributed by atoms with Gasteiger partial charge in [-0.05, 0) is 24.0 Å². The largest absolute Gasteiger partial charge is 0.530 e. The third-order valence-electron chi connectivity index (χ3n) is 4.99. The highest BCUT2D eigenvalue weighted by atomic mass is 32.1. The molecule has 2 amide bonds. The number of carbonyl (C=O) groups is 2. The minimum absolute atomic E-state index is 0.0648. The second-order valence-electron chi connectivity index (χ2n) is 6.61. The maximum absolute atomic E-state index is 12.6. The average Bonchev–Trinajstić information content (AvgIpc) is 2.92. The molecule has 3 heterocycles. The number of thiophene rings is 1. The van der Waals surface area contributed by atoms with Crippen molar-refractivity contribution in [2.45, 2.75) is 25.9 Å². The van der Waals surface area contributed by atoms with E-state index in [0.717, 1.165) is 21.9 Å². The molecular weight excluding hydrogens is 350 g/mol. The summed E-state index contributed by atoms with van der Waals surface area (Å²) in [6, 6.07) is 10.1. The summed E-state index contributed by atoms with van der Waals surface area (Å²) in [6.07, 6.45) is 0.339. The predicted octanol–water partition coefficient (Wildman–Crippen LogP) is 1.13. The van der Waals surface area contributed by atoms with Gasteiger partial charge in [-0.25, -0.2) is 0 Å². The molecule has 0 radical (unpaired) electrons. The van der Waals surface area contributed by atoms with Crippen LogP contribution in [0.15, 0.2) is 30.3 Å². The van der Waals surface area contributed by atoms with Crippen LogP contribution >= 0.6 is 11.3 Å². The minimum Gasteiger partial charge on any atom is -0.530 e. The van der Waals surface area contributed by atoms with Crippen LogP contribution in [0.2, 0.25) is 0 Å². The number of benzene rings is 1. The molecule has 4 rings (SSSR count). The van der Waals surface area contributed by atoms with E-state index in [4.69, 9.17) is 0 Å². The van der Waals surface area contributed by atoms with Crippen molar-refractivity contribution in [3.8, 4) is 0 Å². The number of hydrogen-bond donors (Lipinski definition) is 1. The molecule has 2 aliphatic heterocycles. The van der Waals surface area contributed by atoms with Crippen LogP contribution < -0.4 is 15.3 Å². The summed E-state index contributed by atoms with van der Waals surface area (Å²) in [4.78, 5) is 28.1. The molecular formula is C19H20N3O3S-. The zero-order valence-electron chi connectivity index (χ0n) is 14.4. The van der Waals surface area contributed by atoms with Crippen LogP contribution in [0.25, 0.3) is 0 Å². The molecule has 0 saturated heterocycles. The van der Waals surface area contributed by atoms with Gasteiger partial charge in [-0.1, -0.05) is 30.3 Å².